The van der Waals surface area contributed by atoms with E-state index in [0.29, 0.717) is 16.8 Å². The van der Waals surface area contributed by atoms with E-state index in [1.54, 1.807) is 17.5 Å². The molecular weight excluding hydrogens is 398 g/mol. The number of aromatic nitrogens is 1. The molecule has 5 nitrogen and oxygen atoms in total. The van der Waals surface area contributed by atoms with Gasteiger partial charge in [-0.2, -0.15) is 0 Å². The standard InChI is InChI=1S/C21H18F2N2O3S/c1-11-6-12(2)8-15(7-11)20(27)28-13(3)19(26)25-21-24-18(10-29-21)14-4-5-16(22)17(23)9-14/h4-10,13H,1-3H3,(H,24,25,26)/t13-/m1/s1. The Kier molecular flexibility index (Phi) is 6.03. The van der Waals surface area contributed by atoms with Gasteiger partial charge in [0.25, 0.3) is 5.91 Å². The number of halogens is 2. The number of anilines is 1. The predicted octanol–water partition coefficient (Wildman–Crippen LogP) is 4.89. The average molecular weight is 416 g/mol. The van der Waals surface area contributed by atoms with E-state index in [9.17, 15) is 18.4 Å². The number of thiazole rings is 1. The lowest BCUT2D eigenvalue weighted by molar-refractivity contribution is -0.123. The highest BCUT2D eigenvalue weighted by Gasteiger charge is 2.20. The number of nitrogens with one attached hydrogen (secondary N) is 1. The summed E-state index contributed by atoms with van der Waals surface area (Å²) < 4.78 is 31.7. The first-order chi connectivity index (χ1) is 13.7. The topological polar surface area (TPSA) is 68.3 Å². The van der Waals surface area contributed by atoms with Crippen LogP contribution in [0.3, 0.4) is 0 Å². The second-order valence-electron chi connectivity index (χ2n) is 6.58. The fourth-order valence-corrected chi connectivity index (χ4v) is 3.42. The van der Waals surface area contributed by atoms with Gasteiger partial charge in [0.05, 0.1) is 11.3 Å². The van der Waals surface area contributed by atoms with E-state index in [1.807, 2.05) is 19.9 Å². The van der Waals surface area contributed by atoms with Crippen molar-refractivity contribution < 1.29 is 23.1 Å². The molecule has 0 saturated heterocycles. The van der Waals surface area contributed by atoms with Crippen LogP contribution in [0.5, 0.6) is 0 Å². The Balaban J connectivity index is 1.64. The van der Waals surface area contributed by atoms with Gasteiger partial charge in [0, 0.05) is 10.9 Å². The van der Waals surface area contributed by atoms with Gasteiger partial charge >= 0.3 is 5.97 Å². The van der Waals surface area contributed by atoms with E-state index in [4.69, 9.17) is 4.74 Å². The number of amides is 1. The SMILES string of the molecule is Cc1cc(C)cc(C(=O)O[C@H](C)C(=O)Nc2nc(-c3ccc(F)c(F)c3)cs2)c1. The highest BCUT2D eigenvalue weighted by Crippen LogP contribution is 2.26. The molecule has 0 saturated carbocycles. The predicted molar refractivity (Wildman–Crippen MR) is 107 cm³/mol. The average Bonchev–Trinajstić information content (AvgIpc) is 3.11. The van der Waals surface area contributed by atoms with Gasteiger partial charge in [-0.05, 0) is 51.1 Å². The number of benzene rings is 2. The minimum atomic E-state index is -1.04. The highest BCUT2D eigenvalue weighted by molar-refractivity contribution is 7.14. The lowest BCUT2D eigenvalue weighted by Gasteiger charge is -2.13. The van der Waals surface area contributed by atoms with Gasteiger partial charge in [-0.1, -0.05) is 17.2 Å². The molecule has 0 aliphatic heterocycles. The molecule has 3 rings (SSSR count). The summed E-state index contributed by atoms with van der Waals surface area (Å²) in [6.45, 7) is 5.19. The Bertz CT molecular complexity index is 1060. The summed E-state index contributed by atoms with van der Waals surface area (Å²) in [4.78, 5) is 28.8. The van der Waals surface area contributed by atoms with Crippen molar-refractivity contribution in [2.45, 2.75) is 26.9 Å². The third-order valence-corrected chi connectivity index (χ3v) is 4.82. The molecule has 2 aromatic carbocycles. The van der Waals surface area contributed by atoms with E-state index in [2.05, 4.69) is 10.3 Å². The first-order valence-electron chi connectivity index (χ1n) is 8.74. The van der Waals surface area contributed by atoms with Crippen molar-refractivity contribution in [2.24, 2.45) is 0 Å². The van der Waals surface area contributed by atoms with E-state index in [0.717, 1.165) is 34.6 Å². The van der Waals surface area contributed by atoms with Gasteiger partial charge in [-0.25, -0.2) is 18.6 Å². The second-order valence-corrected chi connectivity index (χ2v) is 7.44. The Hall–Kier alpha value is -3.13. The molecule has 29 heavy (non-hydrogen) atoms. The number of esters is 1. The zero-order chi connectivity index (χ0) is 21.1. The molecule has 1 N–H and O–H groups in total. The Morgan fingerprint density at radius 1 is 1.07 bits per heavy atom. The summed E-state index contributed by atoms with van der Waals surface area (Å²) in [6, 6.07) is 8.75. The maximum Gasteiger partial charge on any atom is 0.338 e. The Morgan fingerprint density at radius 2 is 1.76 bits per heavy atom. The second kappa shape index (κ2) is 8.48. The van der Waals surface area contributed by atoms with Crippen LogP contribution in [-0.4, -0.2) is 23.0 Å². The van der Waals surface area contributed by atoms with E-state index >= 15 is 0 Å². The van der Waals surface area contributed by atoms with E-state index in [1.165, 1.54) is 13.0 Å². The number of hydrogen-bond donors (Lipinski definition) is 1. The molecule has 0 fully saturated rings. The Morgan fingerprint density at radius 3 is 2.41 bits per heavy atom. The molecule has 0 aliphatic carbocycles. The van der Waals surface area contributed by atoms with Crippen molar-refractivity contribution >= 4 is 28.3 Å². The molecule has 0 spiro atoms. The third-order valence-electron chi connectivity index (χ3n) is 4.06. The van der Waals surface area contributed by atoms with E-state index < -0.39 is 29.6 Å². The van der Waals surface area contributed by atoms with Crippen molar-refractivity contribution in [3.05, 3.63) is 70.1 Å². The summed E-state index contributed by atoms with van der Waals surface area (Å²) in [6.07, 6.45) is -1.04. The fraction of sp³-hybridized carbons (Fsp3) is 0.190. The molecule has 3 aromatic rings. The normalized spacial score (nSPS) is 11.8. The lowest BCUT2D eigenvalue weighted by Crippen LogP contribution is -2.30. The van der Waals surface area contributed by atoms with Crippen molar-refractivity contribution in [2.75, 3.05) is 5.32 Å². The molecule has 0 unspecified atom stereocenters. The minimum absolute atomic E-state index is 0.254. The molecule has 8 heteroatoms. The van der Waals surface area contributed by atoms with Crippen LogP contribution < -0.4 is 5.32 Å². The number of ether oxygens (including phenoxy) is 1. The quantitative estimate of drug-likeness (QED) is 0.602. The first-order valence-corrected chi connectivity index (χ1v) is 9.62. The smallest absolute Gasteiger partial charge is 0.338 e. The molecule has 1 heterocycles. The van der Waals surface area contributed by atoms with Crippen LogP contribution in [0.15, 0.2) is 41.8 Å². The maximum absolute atomic E-state index is 13.4. The number of hydrogen-bond acceptors (Lipinski definition) is 5. The number of rotatable bonds is 5. The monoisotopic (exact) mass is 416 g/mol. The van der Waals surface area contributed by atoms with Gasteiger partial charge in [0.2, 0.25) is 0 Å². The van der Waals surface area contributed by atoms with Crippen molar-refractivity contribution in [1.82, 2.24) is 4.98 Å². The number of nitrogens with zero attached hydrogens (tertiary/aromatic N) is 1. The summed E-state index contributed by atoms with van der Waals surface area (Å²) in [5.74, 6) is -3.07. The van der Waals surface area contributed by atoms with Crippen LogP contribution in [0.25, 0.3) is 11.3 Å². The molecule has 150 valence electrons. The van der Waals surface area contributed by atoms with Gasteiger partial charge < -0.3 is 4.74 Å². The summed E-state index contributed by atoms with van der Waals surface area (Å²) in [7, 11) is 0. The molecule has 1 amide bonds. The van der Waals surface area contributed by atoms with Crippen molar-refractivity contribution in [3.8, 4) is 11.3 Å². The molecule has 1 aromatic heterocycles. The fourth-order valence-electron chi connectivity index (χ4n) is 2.70. The van der Waals surface area contributed by atoms with Gasteiger partial charge in [-0.3, -0.25) is 10.1 Å². The van der Waals surface area contributed by atoms with Crippen LogP contribution in [0.4, 0.5) is 13.9 Å². The summed E-state index contributed by atoms with van der Waals surface area (Å²) in [5, 5.41) is 4.42. The van der Waals surface area contributed by atoms with Gasteiger partial charge in [-0.15, -0.1) is 11.3 Å². The van der Waals surface area contributed by atoms with Gasteiger partial charge in [0.15, 0.2) is 22.9 Å². The first kappa shape index (κ1) is 20.6. The highest BCUT2D eigenvalue weighted by atomic mass is 32.1. The van der Waals surface area contributed by atoms with Crippen LogP contribution in [0.1, 0.15) is 28.4 Å². The maximum atomic E-state index is 13.4. The van der Waals surface area contributed by atoms with Crippen LogP contribution >= 0.6 is 11.3 Å². The van der Waals surface area contributed by atoms with Crippen LogP contribution in [-0.2, 0) is 9.53 Å². The molecular formula is C21H18F2N2O3S. The number of carbonyl (C=O) groups excluding carboxylic acids is 2. The Labute approximate surface area is 170 Å². The molecule has 1 atom stereocenters. The zero-order valence-corrected chi connectivity index (χ0v) is 16.8. The van der Waals surface area contributed by atoms with Crippen molar-refractivity contribution in [3.63, 3.8) is 0 Å². The largest absolute Gasteiger partial charge is 0.449 e. The third kappa shape index (κ3) is 5.03. The molecule has 0 aliphatic rings. The summed E-state index contributed by atoms with van der Waals surface area (Å²) >= 11 is 1.12. The van der Waals surface area contributed by atoms with Gasteiger partial charge in [0.1, 0.15) is 0 Å². The van der Waals surface area contributed by atoms with Crippen LogP contribution in [0, 0.1) is 25.5 Å². The number of aryl methyl sites for hydroxylation is 2. The summed E-state index contributed by atoms with van der Waals surface area (Å²) in [5.41, 5.74) is 2.99. The number of carbonyl (C=O) groups is 2. The van der Waals surface area contributed by atoms with E-state index in [-0.39, 0.29) is 5.13 Å². The molecule has 0 bridgehead atoms. The van der Waals surface area contributed by atoms with Crippen LogP contribution in [0.2, 0.25) is 0 Å². The lowest BCUT2D eigenvalue weighted by atomic mass is 10.1. The zero-order valence-electron chi connectivity index (χ0n) is 16.0. The van der Waals surface area contributed by atoms with Crippen molar-refractivity contribution in [1.29, 1.82) is 0 Å². The molecule has 0 radical (unpaired) electrons. The minimum Gasteiger partial charge on any atom is -0.449 e.